The monoisotopic (exact) mass is 184 g/mol. The van der Waals surface area contributed by atoms with E-state index in [9.17, 15) is 4.79 Å². The summed E-state index contributed by atoms with van der Waals surface area (Å²) >= 11 is 0. The Balaban J connectivity index is 4.07. The summed E-state index contributed by atoms with van der Waals surface area (Å²) in [4.78, 5) is 10.6. The molecular formula is C9H16N2O2. The fraction of sp³-hybridized carbons (Fsp3) is 0.667. The van der Waals surface area contributed by atoms with Crippen LogP contribution in [0.15, 0.2) is 0 Å². The number of aliphatic carboxylic acids is 1. The minimum atomic E-state index is -1.00. The zero-order valence-corrected chi connectivity index (χ0v) is 7.57. The Morgan fingerprint density at radius 2 is 2.23 bits per heavy atom. The standard InChI is InChI=1S/C9H16N2O2/c1-2-4-7(5-3-6-10)8(11)9(12)13/h1,7-8H,3-6,10-11H2,(H,12,13)/t7?,8-/m0/s1. The number of carbonyl (C=O) groups is 1. The van der Waals surface area contributed by atoms with Crippen molar-refractivity contribution in [3.05, 3.63) is 0 Å². The lowest BCUT2D eigenvalue weighted by Crippen LogP contribution is -2.38. The first-order valence-corrected chi connectivity index (χ1v) is 4.25. The van der Waals surface area contributed by atoms with Crippen LogP contribution in [0.25, 0.3) is 0 Å². The Morgan fingerprint density at radius 3 is 2.62 bits per heavy atom. The molecule has 0 radical (unpaired) electrons. The highest BCUT2D eigenvalue weighted by Gasteiger charge is 2.22. The fourth-order valence-electron chi connectivity index (χ4n) is 1.14. The third kappa shape index (κ3) is 4.51. The second kappa shape index (κ2) is 6.46. The summed E-state index contributed by atoms with van der Waals surface area (Å²) in [5, 5.41) is 8.65. The summed E-state index contributed by atoms with van der Waals surface area (Å²) in [6.07, 6.45) is 6.94. The van der Waals surface area contributed by atoms with Crippen LogP contribution in [0.5, 0.6) is 0 Å². The Morgan fingerprint density at radius 1 is 1.62 bits per heavy atom. The molecule has 0 saturated carbocycles. The molecule has 0 aliphatic rings. The Labute approximate surface area is 78.3 Å². The van der Waals surface area contributed by atoms with Gasteiger partial charge in [-0.25, -0.2) is 0 Å². The van der Waals surface area contributed by atoms with Crippen molar-refractivity contribution < 1.29 is 9.90 Å². The highest BCUT2D eigenvalue weighted by atomic mass is 16.4. The van der Waals surface area contributed by atoms with E-state index in [0.29, 0.717) is 19.4 Å². The van der Waals surface area contributed by atoms with Crippen molar-refractivity contribution in [1.29, 1.82) is 0 Å². The van der Waals surface area contributed by atoms with Gasteiger partial charge in [0.05, 0.1) is 0 Å². The van der Waals surface area contributed by atoms with E-state index in [4.69, 9.17) is 23.0 Å². The van der Waals surface area contributed by atoms with Gasteiger partial charge in [0.1, 0.15) is 6.04 Å². The van der Waals surface area contributed by atoms with E-state index in [2.05, 4.69) is 5.92 Å². The van der Waals surface area contributed by atoms with Crippen molar-refractivity contribution in [1.82, 2.24) is 0 Å². The Bertz CT molecular complexity index is 198. The molecule has 0 heterocycles. The summed E-state index contributed by atoms with van der Waals surface area (Å²) in [6, 6.07) is -0.873. The van der Waals surface area contributed by atoms with Crippen LogP contribution in [0.2, 0.25) is 0 Å². The van der Waals surface area contributed by atoms with Gasteiger partial charge < -0.3 is 16.6 Å². The minimum Gasteiger partial charge on any atom is -0.480 e. The molecule has 2 atom stereocenters. The quantitative estimate of drug-likeness (QED) is 0.498. The summed E-state index contributed by atoms with van der Waals surface area (Å²) in [5.41, 5.74) is 10.8. The molecule has 0 aromatic heterocycles. The van der Waals surface area contributed by atoms with Gasteiger partial charge in [0.15, 0.2) is 0 Å². The van der Waals surface area contributed by atoms with Crippen LogP contribution in [0.1, 0.15) is 19.3 Å². The molecule has 0 fully saturated rings. The van der Waals surface area contributed by atoms with E-state index in [1.807, 2.05) is 0 Å². The molecule has 5 N–H and O–H groups in total. The molecule has 0 saturated heterocycles. The van der Waals surface area contributed by atoms with Gasteiger partial charge in [0.25, 0.3) is 0 Å². The SMILES string of the molecule is C#CCC(CCCN)[C@H](N)C(=O)O. The van der Waals surface area contributed by atoms with E-state index in [-0.39, 0.29) is 5.92 Å². The summed E-state index contributed by atoms with van der Waals surface area (Å²) in [6.45, 7) is 0.535. The number of rotatable bonds is 6. The number of terminal acetylenes is 1. The highest BCUT2D eigenvalue weighted by Crippen LogP contribution is 2.13. The van der Waals surface area contributed by atoms with Crippen LogP contribution in [0.3, 0.4) is 0 Å². The van der Waals surface area contributed by atoms with E-state index < -0.39 is 12.0 Å². The molecule has 0 amide bonds. The van der Waals surface area contributed by atoms with Crippen LogP contribution in [-0.2, 0) is 4.79 Å². The lowest BCUT2D eigenvalue weighted by molar-refractivity contribution is -0.139. The van der Waals surface area contributed by atoms with E-state index >= 15 is 0 Å². The van der Waals surface area contributed by atoms with E-state index in [0.717, 1.165) is 6.42 Å². The Kier molecular flexibility index (Phi) is 5.94. The van der Waals surface area contributed by atoms with Crippen molar-refractivity contribution in [2.45, 2.75) is 25.3 Å². The van der Waals surface area contributed by atoms with Gasteiger partial charge in [-0.15, -0.1) is 12.3 Å². The molecule has 13 heavy (non-hydrogen) atoms. The van der Waals surface area contributed by atoms with Crippen molar-refractivity contribution >= 4 is 5.97 Å². The lowest BCUT2D eigenvalue weighted by atomic mass is 9.92. The lowest BCUT2D eigenvalue weighted by Gasteiger charge is -2.17. The average molecular weight is 184 g/mol. The largest absolute Gasteiger partial charge is 0.480 e. The second-order valence-corrected chi connectivity index (χ2v) is 2.96. The molecule has 0 aliphatic heterocycles. The normalized spacial score (nSPS) is 14.5. The van der Waals surface area contributed by atoms with Crippen molar-refractivity contribution in [2.24, 2.45) is 17.4 Å². The first-order chi connectivity index (χ1) is 6.13. The van der Waals surface area contributed by atoms with Crippen LogP contribution in [-0.4, -0.2) is 23.7 Å². The van der Waals surface area contributed by atoms with Crippen molar-refractivity contribution in [2.75, 3.05) is 6.54 Å². The zero-order valence-electron chi connectivity index (χ0n) is 7.57. The number of hydrogen-bond acceptors (Lipinski definition) is 3. The molecule has 0 bridgehead atoms. The van der Waals surface area contributed by atoms with Crippen LogP contribution in [0, 0.1) is 18.3 Å². The van der Waals surface area contributed by atoms with Crippen molar-refractivity contribution in [3.63, 3.8) is 0 Å². The van der Waals surface area contributed by atoms with Crippen LogP contribution >= 0.6 is 0 Å². The van der Waals surface area contributed by atoms with Gasteiger partial charge in [0, 0.05) is 6.42 Å². The third-order valence-corrected chi connectivity index (χ3v) is 1.95. The second-order valence-electron chi connectivity index (χ2n) is 2.96. The number of carboxylic acid groups (broad SMARTS) is 1. The number of nitrogens with two attached hydrogens (primary N) is 2. The summed E-state index contributed by atoms with van der Waals surface area (Å²) in [7, 11) is 0. The van der Waals surface area contributed by atoms with Crippen LogP contribution in [0.4, 0.5) is 0 Å². The molecule has 74 valence electrons. The van der Waals surface area contributed by atoms with E-state index in [1.165, 1.54) is 0 Å². The highest BCUT2D eigenvalue weighted by molar-refractivity contribution is 5.73. The van der Waals surface area contributed by atoms with Gasteiger partial charge >= 0.3 is 5.97 Å². The molecule has 4 nitrogen and oxygen atoms in total. The van der Waals surface area contributed by atoms with Gasteiger partial charge in [-0.05, 0) is 25.3 Å². The molecule has 4 heteroatoms. The topological polar surface area (TPSA) is 89.3 Å². The van der Waals surface area contributed by atoms with Gasteiger partial charge in [-0.1, -0.05) is 0 Å². The van der Waals surface area contributed by atoms with Crippen LogP contribution < -0.4 is 11.5 Å². The maximum Gasteiger partial charge on any atom is 0.320 e. The van der Waals surface area contributed by atoms with Gasteiger partial charge in [-0.2, -0.15) is 0 Å². The molecule has 1 unspecified atom stereocenters. The number of hydrogen-bond donors (Lipinski definition) is 3. The molecule has 0 aromatic carbocycles. The zero-order chi connectivity index (χ0) is 10.3. The van der Waals surface area contributed by atoms with Gasteiger partial charge in [-0.3, -0.25) is 4.79 Å². The average Bonchev–Trinajstić information content (AvgIpc) is 2.11. The third-order valence-electron chi connectivity index (χ3n) is 1.95. The van der Waals surface area contributed by atoms with Gasteiger partial charge in [0.2, 0.25) is 0 Å². The molecule has 0 rings (SSSR count). The molecule has 0 aliphatic carbocycles. The van der Waals surface area contributed by atoms with Crippen molar-refractivity contribution in [3.8, 4) is 12.3 Å². The Hall–Kier alpha value is -1.05. The molecular weight excluding hydrogens is 168 g/mol. The number of carboxylic acids is 1. The minimum absolute atomic E-state index is 0.161. The first kappa shape index (κ1) is 11.9. The predicted octanol–water partition coefficient (Wildman–Crippen LogP) is -0.223. The molecule has 0 spiro atoms. The van der Waals surface area contributed by atoms with E-state index in [1.54, 1.807) is 0 Å². The molecule has 0 aromatic rings. The predicted molar refractivity (Wildman–Crippen MR) is 50.8 cm³/mol. The maximum absolute atomic E-state index is 10.6. The summed E-state index contributed by atoms with van der Waals surface area (Å²) in [5.74, 6) is 1.26. The smallest absolute Gasteiger partial charge is 0.320 e. The summed E-state index contributed by atoms with van der Waals surface area (Å²) < 4.78 is 0. The fourth-order valence-corrected chi connectivity index (χ4v) is 1.14. The first-order valence-electron chi connectivity index (χ1n) is 4.25. The maximum atomic E-state index is 10.6.